The summed E-state index contributed by atoms with van der Waals surface area (Å²) in [4.78, 5) is 14.7. The summed E-state index contributed by atoms with van der Waals surface area (Å²) in [5.74, 6) is -0.924. The van der Waals surface area contributed by atoms with E-state index in [1.54, 1.807) is 24.4 Å². The predicted octanol–water partition coefficient (Wildman–Crippen LogP) is -0.951. The van der Waals surface area contributed by atoms with Gasteiger partial charge in [-0.3, -0.25) is 4.98 Å². The molecule has 4 heteroatoms. The number of benzene rings is 1. The summed E-state index contributed by atoms with van der Waals surface area (Å²) in [7, 11) is 0. The largest absolute Gasteiger partial charge is 1.00 e. The number of aromatic nitrogens is 1. The molecule has 0 amide bonds. The first-order valence-corrected chi connectivity index (χ1v) is 3.85. The maximum Gasteiger partial charge on any atom is 1.00 e. The van der Waals surface area contributed by atoms with Gasteiger partial charge in [0.1, 0.15) is 0 Å². The van der Waals surface area contributed by atoms with Crippen molar-refractivity contribution in [1.82, 2.24) is 4.98 Å². The summed E-state index contributed by atoms with van der Waals surface area (Å²) in [6.07, 6.45) is 1.65. The van der Waals surface area contributed by atoms with Crippen LogP contribution in [0.15, 0.2) is 36.5 Å². The van der Waals surface area contributed by atoms with E-state index in [4.69, 9.17) is 5.11 Å². The average molecular weight is 197 g/mol. The second-order valence-corrected chi connectivity index (χ2v) is 2.72. The van der Waals surface area contributed by atoms with Gasteiger partial charge in [0.25, 0.3) is 0 Å². The average Bonchev–Trinajstić information content (AvgIpc) is 2.17. The summed E-state index contributed by atoms with van der Waals surface area (Å²) >= 11 is 0. The fraction of sp³-hybridized carbons (Fsp3) is 0. The van der Waals surface area contributed by atoms with Crippen LogP contribution in [0.25, 0.3) is 10.9 Å². The topological polar surface area (TPSA) is 50.2 Å². The summed E-state index contributed by atoms with van der Waals surface area (Å²) in [6.45, 7) is 0. The van der Waals surface area contributed by atoms with Gasteiger partial charge in [0.15, 0.2) is 0 Å². The van der Waals surface area contributed by atoms with Crippen molar-refractivity contribution < 1.29 is 40.9 Å². The standard InChI is InChI=1S/C10H7NO2.Na.H/c12-10(13)8-4-3-7-2-1-5-11-9(7)6-8;;/h1-6H,(H,12,13);;/q;+1;-1. The van der Waals surface area contributed by atoms with E-state index in [2.05, 4.69) is 4.98 Å². The van der Waals surface area contributed by atoms with Gasteiger partial charge in [-0.1, -0.05) is 12.1 Å². The Bertz CT molecular complexity index is 476. The van der Waals surface area contributed by atoms with Crippen LogP contribution in [0.2, 0.25) is 0 Å². The number of carboxylic acid groups (broad SMARTS) is 1. The minimum atomic E-state index is -0.924. The van der Waals surface area contributed by atoms with Crippen LogP contribution in [-0.2, 0) is 0 Å². The van der Waals surface area contributed by atoms with Crippen LogP contribution in [0.4, 0.5) is 0 Å². The third-order valence-electron chi connectivity index (χ3n) is 1.85. The SMILES string of the molecule is O=C(O)c1ccc2cccnc2c1.[H-].[Na+]. The van der Waals surface area contributed by atoms with Crippen molar-refractivity contribution >= 4 is 16.9 Å². The van der Waals surface area contributed by atoms with Crippen molar-refractivity contribution in [3.05, 3.63) is 42.1 Å². The van der Waals surface area contributed by atoms with Gasteiger partial charge in [-0.2, -0.15) is 0 Å². The molecule has 0 atom stereocenters. The van der Waals surface area contributed by atoms with Gasteiger partial charge in [-0.15, -0.1) is 0 Å². The van der Waals surface area contributed by atoms with Gasteiger partial charge in [0.05, 0.1) is 11.1 Å². The number of pyridine rings is 1. The quantitative estimate of drug-likeness (QED) is 0.600. The van der Waals surface area contributed by atoms with E-state index in [1.807, 2.05) is 12.1 Å². The van der Waals surface area contributed by atoms with E-state index in [0.29, 0.717) is 5.52 Å². The molecule has 0 radical (unpaired) electrons. The molecule has 1 N–H and O–H groups in total. The Balaban J connectivity index is 0.000000980. The Morgan fingerprint density at radius 3 is 2.86 bits per heavy atom. The first kappa shape index (κ1) is 11.2. The molecule has 3 nitrogen and oxygen atoms in total. The fourth-order valence-corrected chi connectivity index (χ4v) is 1.20. The van der Waals surface area contributed by atoms with Gasteiger partial charge in [-0.25, -0.2) is 4.79 Å². The summed E-state index contributed by atoms with van der Waals surface area (Å²) in [5, 5.41) is 9.67. The maximum atomic E-state index is 10.6. The van der Waals surface area contributed by atoms with E-state index in [9.17, 15) is 4.79 Å². The normalized spacial score (nSPS) is 9.43. The van der Waals surface area contributed by atoms with Crippen molar-refractivity contribution in [2.75, 3.05) is 0 Å². The molecule has 0 unspecified atom stereocenters. The van der Waals surface area contributed by atoms with E-state index in [-0.39, 0.29) is 36.5 Å². The molecule has 1 aromatic carbocycles. The number of hydrogen-bond donors (Lipinski definition) is 1. The molecule has 66 valence electrons. The molecule has 1 aromatic heterocycles. The number of aromatic carboxylic acids is 1. The number of nitrogens with zero attached hydrogens (tertiary/aromatic N) is 1. The van der Waals surface area contributed by atoms with Crippen LogP contribution in [0.3, 0.4) is 0 Å². The molecule has 0 aliphatic rings. The molecule has 0 bridgehead atoms. The molecule has 1 heterocycles. The van der Waals surface area contributed by atoms with E-state index in [1.165, 1.54) is 0 Å². The van der Waals surface area contributed by atoms with Crippen LogP contribution >= 0.6 is 0 Å². The van der Waals surface area contributed by atoms with Crippen molar-refractivity contribution in [2.24, 2.45) is 0 Å². The van der Waals surface area contributed by atoms with Gasteiger partial charge >= 0.3 is 35.5 Å². The van der Waals surface area contributed by atoms with Crippen molar-refractivity contribution in [1.29, 1.82) is 0 Å². The second kappa shape index (κ2) is 4.55. The number of hydrogen-bond acceptors (Lipinski definition) is 2. The molecule has 0 saturated carbocycles. The van der Waals surface area contributed by atoms with E-state index >= 15 is 0 Å². The van der Waals surface area contributed by atoms with Gasteiger partial charge in [0.2, 0.25) is 0 Å². The summed E-state index contributed by atoms with van der Waals surface area (Å²) < 4.78 is 0. The van der Waals surface area contributed by atoms with Gasteiger partial charge < -0.3 is 6.53 Å². The molecule has 14 heavy (non-hydrogen) atoms. The number of carbonyl (C=O) groups is 1. The third-order valence-corrected chi connectivity index (χ3v) is 1.85. The van der Waals surface area contributed by atoms with Crippen molar-refractivity contribution in [2.45, 2.75) is 0 Å². The Hall–Kier alpha value is -0.900. The van der Waals surface area contributed by atoms with Crippen molar-refractivity contribution in [3.8, 4) is 0 Å². The number of fused-ring (bicyclic) bond motifs is 1. The first-order valence-electron chi connectivity index (χ1n) is 3.85. The molecular formula is C10H8NNaO2. The zero-order valence-electron chi connectivity index (χ0n) is 8.77. The molecule has 0 saturated heterocycles. The Morgan fingerprint density at radius 2 is 2.14 bits per heavy atom. The smallest absolute Gasteiger partial charge is 1.00 e. The molecule has 0 aliphatic carbocycles. The minimum absolute atomic E-state index is 0. The van der Waals surface area contributed by atoms with E-state index < -0.39 is 5.97 Å². The zero-order chi connectivity index (χ0) is 9.26. The van der Waals surface area contributed by atoms with Crippen LogP contribution in [0.1, 0.15) is 11.8 Å². The molecule has 0 aliphatic heterocycles. The number of rotatable bonds is 1. The van der Waals surface area contributed by atoms with Crippen molar-refractivity contribution in [3.63, 3.8) is 0 Å². The Morgan fingerprint density at radius 1 is 1.36 bits per heavy atom. The van der Waals surface area contributed by atoms with E-state index in [0.717, 1.165) is 5.39 Å². The molecule has 2 rings (SSSR count). The third kappa shape index (κ3) is 2.12. The molecule has 0 fully saturated rings. The second-order valence-electron chi connectivity index (χ2n) is 2.72. The predicted molar refractivity (Wildman–Crippen MR) is 49.8 cm³/mol. The zero-order valence-corrected chi connectivity index (χ0v) is 9.77. The van der Waals surface area contributed by atoms with Crippen LogP contribution < -0.4 is 29.6 Å². The molecular weight excluding hydrogens is 189 g/mol. The molecule has 2 aromatic rings. The van der Waals surface area contributed by atoms with Gasteiger partial charge in [-0.05, 0) is 18.2 Å². The van der Waals surface area contributed by atoms with Crippen LogP contribution in [-0.4, -0.2) is 16.1 Å². The fourth-order valence-electron chi connectivity index (χ4n) is 1.20. The first-order chi connectivity index (χ1) is 6.27. The summed E-state index contributed by atoms with van der Waals surface area (Å²) in [6, 6.07) is 8.62. The molecule has 0 spiro atoms. The van der Waals surface area contributed by atoms with Gasteiger partial charge in [0, 0.05) is 11.6 Å². The maximum absolute atomic E-state index is 10.6. The minimum Gasteiger partial charge on any atom is -1.00 e. The van der Waals surface area contributed by atoms with Crippen LogP contribution in [0.5, 0.6) is 0 Å². The monoisotopic (exact) mass is 197 g/mol. The Kier molecular flexibility index (Phi) is 3.63. The van der Waals surface area contributed by atoms with Crippen LogP contribution in [0, 0.1) is 0 Å². The number of carboxylic acids is 1. The summed E-state index contributed by atoms with van der Waals surface area (Å²) in [5.41, 5.74) is 0.980. The Labute approximate surface area is 105 Å².